The van der Waals surface area contributed by atoms with Crippen LogP contribution < -0.4 is 5.73 Å². The van der Waals surface area contributed by atoms with Gasteiger partial charge in [-0.05, 0) is 18.2 Å². The standard InChI is InChI=1S/C7H6FNOS/c8-6-2-1-4(11)3-5(6)7(9)10/h1-3,11H,(H2,9,10). The fourth-order valence-electron chi connectivity index (χ4n) is 0.702. The molecular formula is C7H6FNOS. The molecule has 0 spiro atoms. The Bertz CT molecular complexity index is 300. The molecule has 0 aliphatic heterocycles. The Labute approximate surface area is 68.6 Å². The number of nitrogens with two attached hydrogens (primary N) is 1. The maximum atomic E-state index is 12.7. The summed E-state index contributed by atoms with van der Waals surface area (Å²) in [5, 5.41) is 0. The number of hydrogen-bond donors (Lipinski definition) is 2. The zero-order chi connectivity index (χ0) is 8.43. The fraction of sp³-hybridized carbons (Fsp3) is 0. The van der Waals surface area contributed by atoms with E-state index in [1.165, 1.54) is 12.1 Å². The molecule has 0 heterocycles. The number of amides is 1. The van der Waals surface area contributed by atoms with Crippen molar-refractivity contribution >= 4 is 18.5 Å². The second-order valence-electron chi connectivity index (χ2n) is 2.03. The van der Waals surface area contributed by atoms with Crippen LogP contribution >= 0.6 is 12.6 Å². The molecule has 1 aromatic rings. The van der Waals surface area contributed by atoms with Crippen molar-refractivity contribution in [3.63, 3.8) is 0 Å². The highest BCUT2D eigenvalue weighted by Crippen LogP contribution is 2.12. The van der Waals surface area contributed by atoms with Gasteiger partial charge in [0.1, 0.15) is 5.82 Å². The smallest absolute Gasteiger partial charge is 0.251 e. The zero-order valence-electron chi connectivity index (χ0n) is 5.54. The lowest BCUT2D eigenvalue weighted by Gasteiger charge is -1.97. The molecule has 2 N–H and O–H groups in total. The molecule has 58 valence electrons. The van der Waals surface area contributed by atoms with Crippen LogP contribution in [0.3, 0.4) is 0 Å². The van der Waals surface area contributed by atoms with E-state index in [2.05, 4.69) is 12.6 Å². The van der Waals surface area contributed by atoms with Crippen LogP contribution in [0.5, 0.6) is 0 Å². The van der Waals surface area contributed by atoms with Gasteiger partial charge in [-0.3, -0.25) is 4.79 Å². The van der Waals surface area contributed by atoms with Crippen LogP contribution in [0.15, 0.2) is 23.1 Å². The predicted octanol–water partition coefficient (Wildman–Crippen LogP) is 1.21. The molecule has 2 nitrogen and oxygen atoms in total. The lowest BCUT2D eigenvalue weighted by atomic mass is 10.2. The number of benzene rings is 1. The highest BCUT2D eigenvalue weighted by molar-refractivity contribution is 7.80. The van der Waals surface area contributed by atoms with Gasteiger partial charge in [-0.15, -0.1) is 12.6 Å². The highest BCUT2D eigenvalue weighted by atomic mass is 32.1. The first-order chi connectivity index (χ1) is 5.11. The van der Waals surface area contributed by atoms with Gasteiger partial charge >= 0.3 is 0 Å². The van der Waals surface area contributed by atoms with E-state index >= 15 is 0 Å². The minimum atomic E-state index is -0.779. The third-order valence-electron chi connectivity index (χ3n) is 1.22. The summed E-state index contributed by atoms with van der Waals surface area (Å²) in [4.78, 5) is 11.0. The first kappa shape index (κ1) is 8.07. The van der Waals surface area contributed by atoms with Crippen molar-refractivity contribution in [2.24, 2.45) is 5.73 Å². The van der Waals surface area contributed by atoms with Gasteiger partial charge in [0.15, 0.2) is 0 Å². The van der Waals surface area contributed by atoms with Crippen molar-refractivity contribution in [2.75, 3.05) is 0 Å². The SMILES string of the molecule is NC(=O)c1cc(S)ccc1F. The molecule has 0 saturated heterocycles. The Morgan fingerprint density at radius 2 is 2.18 bits per heavy atom. The Morgan fingerprint density at radius 3 is 2.64 bits per heavy atom. The molecule has 0 atom stereocenters. The van der Waals surface area contributed by atoms with Gasteiger partial charge in [0.2, 0.25) is 0 Å². The lowest BCUT2D eigenvalue weighted by Crippen LogP contribution is -2.12. The molecule has 0 aliphatic rings. The minimum Gasteiger partial charge on any atom is -0.366 e. The van der Waals surface area contributed by atoms with Crippen LogP contribution in [-0.4, -0.2) is 5.91 Å². The van der Waals surface area contributed by atoms with E-state index in [4.69, 9.17) is 5.73 Å². The second kappa shape index (κ2) is 2.92. The second-order valence-corrected chi connectivity index (χ2v) is 2.54. The van der Waals surface area contributed by atoms with Crippen LogP contribution in [0.25, 0.3) is 0 Å². The molecule has 4 heteroatoms. The fourth-order valence-corrected chi connectivity index (χ4v) is 0.906. The summed E-state index contributed by atoms with van der Waals surface area (Å²) in [6.07, 6.45) is 0. The number of halogens is 1. The van der Waals surface area contributed by atoms with E-state index in [-0.39, 0.29) is 5.56 Å². The van der Waals surface area contributed by atoms with Gasteiger partial charge in [0.05, 0.1) is 5.56 Å². The zero-order valence-corrected chi connectivity index (χ0v) is 6.44. The normalized spacial score (nSPS) is 9.64. The summed E-state index contributed by atoms with van der Waals surface area (Å²) < 4.78 is 12.7. The average molecular weight is 171 g/mol. The summed E-state index contributed by atoms with van der Waals surface area (Å²) in [6, 6.07) is 3.90. The number of carbonyl (C=O) groups is 1. The monoisotopic (exact) mass is 171 g/mol. The Balaban J connectivity index is 3.23. The molecule has 0 bridgehead atoms. The summed E-state index contributed by atoms with van der Waals surface area (Å²) in [5.74, 6) is -1.39. The van der Waals surface area contributed by atoms with Gasteiger partial charge in [0.25, 0.3) is 5.91 Å². The molecular weight excluding hydrogens is 165 g/mol. The molecule has 1 rings (SSSR count). The van der Waals surface area contributed by atoms with Crippen molar-refractivity contribution in [1.82, 2.24) is 0 Å². The van der Waals surface area contributed by atoms with Gasteiger partial charge < -0.3 is 5.73 Å². The third-order valence-corrected chi connectivity index (χ3v) is 1.49. The molecule has 11 heavy (non-hydrogen) atoms. The van der Waals surface area contributed by atoms with Crippen molar-refractivity contribution in [1.29, 1.82) is 0 Å². The van der Waals surface area contributed by atoms with Crippen LogP contribution in [0.4, 0.5) is 4.39 Å². The number of primary amides is 1. The minimum absolute atomic E-state index is 0.127. The Kier molecular flexibility index (Phi) is 2.14. The van der Waals surface area contributed by atoms with E-state index in [1.54, 1.807) is 0 Å². The van der Waals surface area contributed by atoms with E-state index in [0.29, 0.717) is 4.90 Å². The van der Waals surface area contributed by atoms with Crippen molar-refractivity contribution in [2.45, 2.75) is 4.90 Å². The molecule has 0 unspecified atom stereocenters. The predicted molar refractivity (Wildman–Crippen MR) is 42.2 cm³/mol. The first-order valence-corrected chi connectivity index (χ1v) is 3.34. The highest BCUT2D eigenvalue weighted by Gasteiger charge is 2.06. The summed E-state index contributed by atoms with van der Waals surface area (Å²) >= 11 is 3.92. The maximum absolute atomic E-state index is 12.7. The molecule has 0 aromatic heterocycles. The van der Waals surface area contributed by atoms with Crippen molar-refractivity contribution in [3.8, 4) is 0 Å². The van der Waals surface area contributed by atoms with Gasteiger partial charge in [0, 0.05) is 4.90 Å². The van der Waals surface area contributed by atoms with Gasteiger partial charge in [-0.25, -0.2) is 4.39 Å². The quantitative estimate of drug-likeness (QED) is 0.613. The molecule has 0 radical (unpaired) electrons. The summed E-state index contributed by atoms with van der Waals surface area (Å²) in [6.45, 7) is 0. The van der Waals surface area contributed by atoms with Crippen LogP contribution in [0.2, 0.25) is 0 Å². The molecule has 1 amide bonds. The van der Waals surface area contributed by atoms with E-state index in [1.807, 2.05) is 0 Å². The van der Waals surface area contributed by atoms with Crippen LogP contribution in [0, 0.1) is 5.82 Å². The van der Waals surface area contributed by atoms with Gasteiger partial charge in [-0.1, -0.05) is 0 Å². The number of carbonyl (C=O) groups excluding carboxylic acids is 1. The first-order valence-electron chi connectivity index (χ1n) is 2.89. The van der Waals surface area contributed by atoms with Crippen LogP contribution in [0.1, 0.15) is 10.4 Å². The Morgan fingerprint density at radius 1 is 1.55 bits per heavy atom. The topological polar surface area (TPSA) is 43.1 Å². The number of hydrogen-bond acceptors (Lipinski definition) is 2. The number of rotatable bonds is 1. The van der Waals surface area contributed by atoms with E-state index < -0.39 is 11.7 Å². The summed E-state index contributed by atoms with van der Waals surface area (Å²) in [5.41, 5.74) is 4.74. The molecule has 0 fully saturated rings. The maximum Gasteiger partial charge on any atom is 0.251 e. The van der Waals surface area contributed by atoms with Crippen molar-refractivity contribution in [3.05, 3.63) is 29.6 Å². The Hall–Kier alpha value is -1.03. The lowest BCUT2D eigenvalue weighted by molar-refractivity contribution is 0.0996. The molecule has 0 aliphatic carbocycles. The largest absolute Gasteiger partial charge is 0.366 e. The van der Waals surface area contributed by atoms with E-state index in [0.717, 1.165) is 6.07 Å². The summed E-state index contributed by atoms with van der Waals surface area (Å²) in [7, 11) is 0. The van der Waals surface area contributed by atoms with Gasteiger partial charge in [-0.2, -0.15) is 0 Å². The molecule has 0 saturated carbocycles. The average Bonchev–Trinajstić information content (AvgIpc) is 1.94. The third kappa shape index (κ3) is 1.71. The number of thiol groups is 1. The van der Waals surface area contributed by atoms with E-state index in [9.17, 15) is 9.18 Å². The van der Waals surface area contributed by atoms with Crippen LogP contribution in [-0.2, 0) is 0 Å². The van der Waals surface area contributed by atoms with Crippen molar-refractivity contribution < 1.29 is 9.18 Å². The molecule has 1 aromatic carbocycles.